The van der Waals surface area contributed by atoms with Crippen LogP contribution in [-0.2, 0) is 6.54 Å². The van der Waals surface area contributed by atoms with E-state index in [-0.39, 0.29) is 12.7 Å². The van der Waals surface area contributed by atoms with Gasteiger partial charge in [0.1, 0.15) is 0 Å². The summed E-state index contributed by atoms with van der Waals surface area (Å²) in [4.78, 5) is 20.3. The van der Waals surface area contributed by atoms with E-state index in [9.17, 15) is 4.79 Å². The zero-order valence-corrected chi connectivity index (χ0v) is 12.8. The highest BCUT2D eigenvalue weighted by Gasteiger charge is 2.13. The van der Waals surface area contributed by atoms with Crippen LogP contribution in [0.3, 0.4) is 0 Å². The molecule has 1 aromatic carbocycles. The number of hydrogen-bond acceptors (Lipinski definition) is 6. The van der Waals surface area contributed by atoms with Crippen molar-refractivity contribution < 1.29 is 14.3 Å². The average Bonchev–Trinajstić information content (AvgIpc) is 3.06. The normalized spacial score (nSPS) is 12.0. The Kier molecular flexibility index (Phi) is 4.56. The highest BCUT2D eigenvalue weighted by molar-refractivity contribution is 5.93. The Morgan fingerprint density at radius 1 is 1.22 bits per heavy atom. The van der Waals surface area contributed by atoms with Crippen LogP contribution in [0.1, 0.15) is 29.3 Å². The largest absolute Gasteiger partial charge is 0.454 e. The fourth-order valence-corrected chi connectivity index (χ4v) is 2.11. The van der Waals surface area contributed by atoms with E-state index in [0.717, 1.165) is 24.3 Å². The van der Waals surface area contributed by atoms with E-state index in [0.29, 0.717) is 23.8 Å². The molecule has 2 heterocycles. The summed E-state index contributed by atoms with van der Waals surface area (Å²) < 4.78 is 10.6. The predicted molar refractivity (Wildman–Crippen MR) is 84.5 cm³/mol. The van der Waals surface area contributed by atoms with Crippen molar-refractivity contribution in [2.75, 3.05) is 18.7 Å². The highest BCUT2D eigenvalue weighted by atomic mass is 16.7. The van der Waals surface area contributed by atoms with Gasteiger partial charge in [0.15, 0.2) is 11.5 Å². The number of carbonyl (C=O) groups excluding carboxylic acids is 1. The van der Waals surface area contributed by atoms with E-state index in [1.54, 1.807) is 0 Å². The molecule has 1 aromatic heterocycles. The molecular formula is C16H18N4O3. The number of nitrogens with one attached hydrogen (secondary N) is 2. The lowest BCUT2D eigenvalue weighted by Crippen LogP contribution is -2.23. The number of nitrogens with zero attached hydrogens (tertiary/aromatic N) is 2. The molecule has 0 spiro atoms. The van der Waals surface area contributed by atoms with Crippen molar-refractivity contribution in [2.45, 2.75) is 19.9 Å². The lowest BCUT2D eigenvalue weighted by atomic mass is 10.2. The first kappa shape index (κ1) is 15.1. The van der Waals surface area contributed by atoms with Crippen LogP contribution in [-0.4, -0.2) is 29.2 Å². The Labute approximate surface area is 134 Å². The smallest absolute Gasteiger partial charge is 0.254 e. The lowest BCUT2D eigenvalue weighted by Gasteiger charge is -2.07. The van der Waals surface area contributed by atoms with Gasteiger partial charge in [-0.15, -0.1) is 0 Å². The van der Waals surface area contributed by atoms with Crippen molar-refractivity contribution in [2.24, 2.45) is 0 Å². The molecule has 0 fully saturated rings. The van der Waals surface area contributed by atoms with Gasteiger partial charge in [0.05, 0.1) is 5.56 Å². The average molecular weight is 314 g/mol. The van der Waals surface area contributed by atoms with Gasteiger partial charge in [-0.3, -0.25) is 4.79 Å². The minimum Gasteiger partial charge on any atom is -0.454 e. The van der Waals surface area contributed by atoms with Crippen molar-refractivity contribution in [3.8, 4) is 11.5 Å². The molecule has 0 radical (unpaired) electrons. The van der Waals surface area contributed by atoms with Gasteiger partial charge in [-0.1, -0.05) is 13.0 Å². The van der Waals surface area contributed by atoms with E-state index in [1.165, 1.54) is 12.4 Å². The molecule has 120 valence electrons. The van der Waals surface area contributed by atoms with E-state index >= 15 is 0 Å². The molecule has 7 nitrogen and oxygen atoms in total. The summed E-state index contributed by atoms with van der Waals surface area (Å²) in [6, 6.07) is 5.58. The van der Waals surface area contributed by atoms with Crippen LogP contribution < -0.4 is 20.1 Å². The molecule has 0 bridgehead atoms. The van der Waals surface area contributed by atoms with Gasteiger partial charge in [0, 0.05) is 25.5 Å². The summed E-state index contributed by atoms with van der Waals surface area (Å²) in [5, 5.41) is 5.90. The fourth-order valence-electron chi connectivity index (χ4n) is 2.11. The van der Waals surface area contributed by atoms with Crippen LogP contribution in [0.15, 0.2) is 30.6 Å². The summed E-state index contributed by atoms with van der Waals surface area (Å²) >= 11 is 0. The van der Waals surface area contributed by atoms with E-state index in [2.05, 4.69) is 27.5 Å². The number of fused-ring (bicyclic) bond motifs is 1. The van der Waals surface area contributed by atoms with Gasteiger partial charge < -0.3 is 20.1 Å². The lowest BCUT2D eigenvalue weighted by molar-refractivity contribution is 0.0950. The van der Waals surface area contributed by atoms with E-state index < -0.39 is 0 Å². The minimum absolute atomic E-state index is 0.218. The third-order valence-electron chi connectivity index (χ3n) is 3.34. The molecule has 0 saturated heterocycles. The number of ether oxygens (including phenoxy) is 2. The second kappa shape index (κ2) is 6.95. The van der Waals surface area contributed by atoms with Crippen molar-refractivity contribution >= 4 is 11.9 Å². The third kappa shape index (κ3) is 3.68. The quantitative estimate of drug-likeness (QED) is 0.848. The molecule has 23 heavy (non-hydrogen) atoms. The summed E-state index contributed by atoms with van der Waals surface area (Å²) in [7, 11) is 0. The molecule has 0 saturated carbocycles. The predicted octanol–water partition coefficient (Wildman–Crippen LogP) is 1.96. The summed E-state index contributed by atoms with van der Waals surface area (Å²) in [6.45, 7) is 3.49. The number of anilines is 1. The first-order valence-electron chi connectivity index (χ1n) is 7.49. The van der Waals surface area contributed by atoms with Crippen LogP contribution in [0.25, 0.3) is 0 Å². The summed E-state index contributed by atoms with van der Waals surface area (Å²) in [5.41, 5.74) is 1.36. The highest BCUT2D eigenvalue weighted by Crippen LogP contribution is 2.32. The monoisotopic (exact) mass is 314 g/mol. The van der Waals surface area contributed by atoms with Gasteiger partial charge in [0.2, 0.25) is 12.7 Å². The maximum Gasteiger partial charge on any atom is 0.254 e. The fraction of sp³-hybridized carbons (Fsp3) is 0.312. The van der Waals surface area contributed by atoms with E-state index in [1.807, 2.05) is 18.2 Å². The minimum atomic E-state index is -0.218. The zero-order valence-electron chi connectivity index (χ0n) is 12.8. The summed E-state index contributed by atoms with van der Waals surface area (Å²) in [5.74, 6) is 1.74. The number of benzene rings is 1. The van der Waals surface area contributed by atoms with Crippen molar-refractivity contribution in [3.05, 3.63) is 41.7 Å². The zero-order chi connectivity index (χ0) is 16.1. The van der Waals surface area contributed by atoms with Crippen molar-refractivity contribution in [1.29, 1.82) is 0 Å². The second-order valence-corrected chi connectivity index (χ2v) is 5.09. The van der Waals surface area contributed by atoms with Gasteiger partial charge in [-0.25, -0.2) is 9.97 Å². The Balaban J connectivity index is 1.56. The molecule has 0 atom stereocenters. The molecule has 2 N–H and O–H groups in total. The molecule has 1 aliphatic heterocycles. The van der Waals surface area contributed by atoms with Crippen LogP contribution in [0.5, 0.6) is 11.5 Å². The van der Waals surface area contributed by atoms with Crippen molar-refractivity contribution in [3.63, 3.8) is 0 Å². The van der Waals surface area contributed by atoms with E-state index in [4.69, 9.17) is 9.47 Å². The first-order valence-corrected chi connectivity index (χ1v) is 7.49. The maximum atomic E-state index is 12.1. The number of rotatable bonds is 6. The SMILES string of the molecule is CCCNc1ncc(C(=O)NCc2ccc3c(c2)OCO3)cn1. The topological polar surface area (TPSA) is 85.4 Å². The molecule has 0 unspecified atom stereocenters. The summed E-state index contributed by atoms with van der Waals surface area (Å²) in [6.07, 6.45) is 4.01. The van der Waals surface area contributed by atoms with Crippen LogP contribution in [0.4, 0.5) is 5.95 Å². The Morgan fingerprint density at radius 2 is 2.00 bits per heavy atom. The third-order valence-corrected chi connectivity index (χ3v) is 3.34. The van der Waals surface area contributed by atoms with Crippen LogP contribution >= 0.6 is 0 Å². The van der Waals surface area contributed by atoms with Gasteiger partial charge in [-0.2, -0.15) is 0 Å². The molecule has 1 amide bonds. The Morgan fingerprint density at radius 3 is 2.78 bits per heavy atom. The van der Waals surface area contributed by atoms with Gasteiger partial charge >= 0.3 is 0 Å². The molecule has 7 heteroatoms. The first-order chi connectivity index (χ1) is 11.3. The van der Waals surface area contributed by atoms with Crippen molar-refractivity contribution in [1.82, 2.24) is 15.3 Å². The van der Waals surface area contributed by atoms with Gasteiger partial charge in [0.25, 0.3) is 5.91 Å². The number of carbonyl (C=O) groups is 1. The number of amides is 1. The Hall–Kier alpha value is -2.83. The van der Waals surface area contributed by atoms with Crippen LogP contribution in [0, 0.1) is 0 Å². The molecule has 1 aliphatic rings. The standard InChI is InChI=1S/C16H18N4O3/c1-2-5-17-16-19-8-12(9-20-16)15(21)18-7-11-3-4-13-14(6-11)23-10-22-13/h3-4,6,8-9H,2,5,7,10H2,1H3,(H,18,21)(H,17,19,20). The maximum absolute atomic E-state index is 12.1. The molecule has 0 aliphatic carbocycles. The number of aromatic nitrogens is 2. The molecule has 2 aromatic rings. The molecular weight excluding hydrogens is 296 g/mol. The Bertz CT molecular complexity index is 688. The molecule has 3 rings (SSSR count). The number of hydrogen-bond donors (Lipinski definition) is 2. The second-order valence-electron chi connectivity index (χ2n) is 5.09. The van der Waals surface area contributed by atoms with Gasteiger partial charge in [-0.05, 0) is 24.1 Å². The van der Waals surface area contributed by atoms with Crippen LogP contribution in [0.2, 0.25) is 0 Å².